The molecule has 1 heterocycles. The summed E-state index contributed by atoms with van der Waals surface area (Å²) < 4.78 is 17.4. The van der Waals surface area contributed by atoms with Crippen LogP contribution in [0.1, 0.15) is 11.1 Å². The van der Waals surface area contributed by atoms with Gasteiger partial charge in [0.2, 0.25) is 0 Å². The first-order valence-electron chi connectivity index (χ1n) is 12.6. The summed E-state index contributed by atoms with van der Waals surface area (Å²) in [5.74, 6) is 2.02. The molecule has 0 unspecified atom stereocenters. The maximum absolute atomic E-state index is 10.6. The van der Waals surface area contributed by atoms with Crippen LogP contribution < -0.4 is 9.47 Å². The fourth-order valence-electron chi connectivity index (χ4n) is 4.81. The van der Waals surface area contributed by atoms with Gasteiger partial charge in [-0.3, -0.25) is 0 Å². The predicted molar refractivity (Wildman–Crippen MR) is 211 cm³/mol. The van der Waals surface area contributed by atoms with Gasteiger partial charge in [0.25, 0.3) is 0 Å². The first kappa shape index (κ1) is 31.3. The standard InChI is InChI=1S/C32H21I5O4S/c33-19-1-5-24(6-2-19)42-29-7-3-22(40-15-17-9-20(34)11-27(36)31(17)38)13-25(29)26-14-23(4-8-30(26)42)41-16-18-10-21(35)12-28(37)32(18)39/h1-14,38-39,42H,15-16H2. The zero-order valence-electron chi connectivity index (χ0n) is 21.5. The molecule has 0 atom stereocenters. The Morgan fingerprint density at radius 3 is 1.43 bits per heavy atom. The Bertz CT molecular complexity index is 1720. The van der Waals surface area contributed by atoms with Crippen LogP contribution in [0.4, 0.5) is 0 Å². The van der Waals surface area contributed by atoms with Crippen molar-refractivity contribution in [3.63, 3.8) is 0 Å². The summed E-state index contributed by atoms with van der Waals surface area (Å²) in [6.07, 6.45) is 0. The molecule has 214 valence electrons. The van der Waals surface area contributed by atoms with Crippen molar-refractivity contribution in [1.29, 1.82) is 0 Å². The Morgan fingerprint density at radius 1 is 0.524 bits per heavy atom. The van der Waals surface area contributed by atoms with E-state index in [1.54, 1.807) is 0 Å². The van der Waals surface area contributed by atoms with E-state index in [-0.39, 0.29) is 24.7 Å². The van der Waals surface area contributed by atoms with Gasteiger partial charge in [-0.25, -0.2) is 0 Å². The van der Waals surface area contributed by atoms with Gasteiger partial charge in [0.05, 0.1) is 7.14 Å². The quantitative estimate of drug-likeness (QED) is 0.110. The number of fused-ring (bicyclic) bond motifs is 3. The van der Waals surface area contributed by atoms with Gasteiger partial charge in [-0.2, -0.15) is 10.9 Å². The van der Waals surface area contributed by atoms with Gasteiger partial charge in [0.1, 0.15) is 36.2 Å². The first-order chi connectivity index (χ1) is 20.2. The summed E-state index contributed by atoms with van der Waals surface area (Å²) >= 11 is 11.2. The predicted octanol–water partition coefficient (Wildman–Crippen LogP) is 10.7. The van der Waals surface area contributed by atoms with Crippen molar-refractivity contribution in [2.75, 3.05) is 0 Å². The molecule has 0 aliphatic carbocycles. The average Bonchev–Trinajstić information content (AvgIpc) is 3.28. The first-order valence-corrected chi connectivity index (χ1v) is 19.3. The van der Waals surface area contributed by atoms with Crippen molar-refractivity contribution in [3.05, 3.63) is 114 Å². The van der Waals surface area contributed by atoms with Gasteiger partial charge in [0.15, 0.2) is 0 Å². The Morgan fingerprint density at radius 2 is 0.976 bits per heavy atom. The topological polar surface area (TPSA) is 58.9 Å². The molecule has 0 saturated carbocycles. The molecule has 0 spiro atoms. The van der Waals surface area contributed by atoms with E-state index in [2.05, 4.69) is 161 Å². The minimum absolute atomic E-state index is 0.264. The highest BCUT2D eigenvalue weighted by molar-refractivity contribution is 14.1. The van der Waals surface area contributed by atoms with E-state index in [1.165, 1.54) is 18.3 Å². The highest BCUT2D eigenvalue weighted by atomic mass is 127. The monoisotopic (exact) mass is 1140 g/mol. The fourth-order valence-corrected chi connectivity index (χ4v) is 11.7. The van der Waals surface area contributed by atoms with Crippen LogP contribution in [0.3, 0.4) is 0 Å². The summed E-state index contributed by atoms with van der Waals surface area (Å²) in [7, 11) is -0.741. The molecule has 1 aliphatic heterocycles. The van der Waals surface area contributed by atoms with E-state index < -0.39 is 10.9 Å². The number of hydrogen-bond acceptors (Lipinski definition) is 4. The van der Waals surface area contributed by atoms with E-state index >= 15 is 0 Å². The molecule has 0 bridgehead atoms. The number of halogens is 5. The third-order valence-electron chi connectivity index (χ3n) is 6.80. The minimum atomic E-state index is -0.741. The second kappa shape index (κ2) is 13.3. The molecule has 42 heavy (non-hydrogen) atoms. The summed E-state index contributed by atoms with van der Waals surface area (Å²) in [5, 5.41) is 21.1. The lowest BCUT2D eigenvalue weighted by Crippen LogP contribution is -1.98. The van der Waals surface area contributed by atoms with Gasteiger partial charge in [-0.15, -0.1) is 0 Å². The number of thiol groups is 1. The Balaban J connectivity index is 1.35. The molecule has 2 N–H and O–H groups in total. The zero-order chi connectivity index (χ0) is 29.5. The molecular formula is C32H21I5O4S. The number of ether oxygens (including phenoxy) is 2. The third-order valence-corrected chi connectivity index (χ3v) is 13.0. The van der Waals surface area contributed by atoms with Crippen molar-refractivity contribution >= 4 is 124 Å². The van der Waals surface area contributed by atoms with Crippen molar-refractivity contribution in [3.8, 4) is 34.1 Å². The summed E-state index contributed by atoms with van der Waals surface area (Å²) in [5.41, 5.74) is 3.78. The highest BCUT2D eigenvalue weighted by Gasteiger charge is 2.28. The second-order valence-electron chi connectivity index (χ2n) is 9.54. The molecule has 5 aromatic carbocycles. The van der Waals surface area contributed by atoms with Crippen molar-refractivity contribution in [2.24, 2.45) is 0 Å². The van der Waals surface area contributed by atoms with Crippen molar-refractivity contribution < 1.29 is 19.7 Å². The highest BCUT2D eigenvalue weighted by Crippen LogP contribution is 2.63. The lowest BCUT2D eigenvalue weighted by Gasteiger charge is -2.19. The van der Waals surface area contributed by atoms with Crippen LogP contribution in [0, 0.1) is 17.9 Å². The summed E-state index contributed by atoms with van der Waals surface area (Å²) in [6.45, 7) is 0.551. The molecule has 5 aromatic rings. The number of aromatic hydroxyl groups is 2. The van der Waals surface area contributed by atoms with Crippen LogP contribution in [0.5, 0.6) is 23.0 Å². The van der Waals surface area contributed by atoms with Crippen LogP contribution in [-0.4, -0.2) is 10.2 Å². The van der Waals surface area contributed by atoms with Crippen LogP contribution in [0.2, 0.25) is 0 Å². The smallest absolute Gasteiger partial charge is 0.135 e. The molecule has 4 nitrogen and oxygen atoms in total. The number of rotatable bonds is 7. The van der Waals surface area contributed by atoms with Gasteiger partial charge in [0, 0.05) is 31.6 Å². The van der Waals surface area contributed by atoms with E-state index in [0.29, 0.717) is 0 Å². The summed E-state index contributed by atoms with van der Waals surface area (Å²) in [4.78, 5) is 3.86. The SMILES string of the molecule is Oc1c(I)cc(I)cc1COc1ccc2c(c1)-c1cc(OCc3cc(I)cc(I)c3O)ccc1[SH]2c1ccc(I)cc1. The van der Waals surface area contributed by atoms with Crippen LogP contribution >= 0.6 is 124 Å². The molecule has 0 radical (unpaired) electrons. The molecule has 0 amide bonds. The normalized spacial score (nSPS) is 12.6. The van der Waals surface area contributed by atoms with Gasteiger partial charge < -0.3 is 19.7 Å². The Hall–Kier alpha value is -0.700. The molecule has 10 heteroatoms. The average molecular weight is 1140 g/mol. The minimum Gasteiger partial charge on any atom is -0.506 e. The second-order valence-corrected chi connectivity index (χ2v) is 17.7. The molecular weight excluding hydrogens is 1110 g/mol. The van der Waals surface area contributed by atoms with Crippen molar-refractivity contribution in [2.45, 2.75) is 27.9 Å². The molecule has 0 fully saturated rings. The zero-order valence-corrected chi connectivity index (χ0v) is 33.2. The van der Waals surface area contributed by atoms with E-state index in [9.17, 15) is 10.2 Å². The Kier molecular flexibility index (Phi) is 9.94. The van der Waals surface area contributed by atoms with E-state index in [0.717, 1.165) is 48.0 Å². The van der Waals surface area contributed by atoms with Crippen molar-refractivity contribution in [1.82, 2.24) is 0 Å². The molecule has 1 aliphatic rings. The van der Waals surface area contributed by atoms with Gasteiger partial charge >= 0.3 is 0 Å². The fraction of sp³-hybridized carbons (Fsp3) is 0.0625. The maximum atomic E-state index is 10.6. The lowest BCUT2D eigenvalue weighted by molar-refractivity contribution is 0.298. The largest absolute Gasteiger partial charge is 0.506 e. The number of hydrogen-bond donors (Lipinski definition) is 3. The number of benzene rings is 5. The molecule has 6 rings (SSSR count). The Labute approximate surface area is 315 Å². The maximum Gasteiger partial charge on any atom is 0.135 e. The van der Waals surface area contributed by atoms with E-state index in [1.807, 2.05) is 36.4 Å². The molecule has 0 saturated heterocycles. The van der Waals surface area contributed by atoms with Gasteiger partial charge in [-0.05, 0) is 214 Å². The summed E-state index contributed by atoms with van der Waals surface area (Å²) in [6, 6.07) is 29.2. The van der Waals surface area contributed by atoms with Crippen LogP contribution in [-0.2, 0) is 13.2 Å². The lowest BCUT2D eigenvalue weighted by atomic mass is 10.1. The number of phenolic OH excluding ortho intramolecular Hbond substituents is 2. The molecule has 0 aromatic heterocycles. The number of phenols is 2. The van der Waals surface area contributed by atoms with Crippen LogP contribution in [0.15, 0.2) is 99.6 Å². The van der Waals surface area contributed by atoms with Gasteiger partial charge in [-0.1, -0.05) is 0 Å². The third kappa shape index (κ3) is 6.62. The van der Waals surface area contributed by atoms with E-state index in [4.69, 9.17) is 9.47 Å². The van der Waals surface area contributed by atoms with Crippen LogP contribution in [0.25, 0.3) is 11.1 Å².